The number of carbonyl (C=O) groups is 6. The molecule has 0 saturated carbocycles. The predicted molar refractivity (Wildman–Crippen MR) is 242 cm³/mol. The molecule has 0 radical (unpaired) electrons. The highest BCUT2D eigenvalue weighted by Crippen LogP contribution is 2.49. The summed E-state index contributed by atoms with van der Waals surface area (Å²) in [5.41, 5.74) is 7.68. The zero-order valence-corrected chi connectivity index (χ0v) is 36.2. The van der Waals surface area contributed by atoms with Crippen LogP contribution in [0.3, 0.4) is 0 Å². The van der Waals surface area contributed by atoms with Gasteiger partial charge in [-0.05, 0) is 142 Å². The number of nitrogens with zero attached hydrogens (tertiary/aromatic N) is 3. The van der Waals surface area contributed by atoms with Gasteiger partial charge < -0.3 is 31.3 Å². The van der Waals surface area contributed by atoms with Gasteiger partial charge in [0.1, 0.15) is 17.5 Å². The third kappa shape index (κ3) is 6.61. The molecule has 326 valence electrons. The molecule has 0 bridgehead atoms. The van der Waals surface area contributed by atoms with E-state index in [9.17, 15) is 28.8 Å². The number of aromatic carboxylic acids is 3. The lowest BCUT2D eigenvalue weighted by atomic mass is 9.79. The van der Waals surface area contributed by atoms with E-state index >= 15 is 0 Å². The highest BCUT2D eigenvalue weighted by molar-refractivity contribution is 9.10. The Morgan fingerprint density at radius 1 is 0.530 bits per heavy atom. The molecule has 6 N–H and O–H groups in total. The van der Waals surface area contributed by atoms with Crippen molar-refractivity contribution in [2.75, 3.05) is 16.0 Å². The van der Waals surface area contributed by atoms with Gasteiger partial charge in [0.2, 0.25) is 17.7 Å². The fourth-order valence-electron chi connectivity index (χ4n) is 10.3. The number of carboxylic acid groups (broad SMARTS) is 3. The van der Waals surface area contributed by atoms with E-state index in [0.717, 1.165) is 54.5 Å². The number of anilines is 3. The lowest BCUT2D eigenvalue weighted by molar-refractivity contribution is -0.121. The van der Waals surface area contributed by atoms with Gasteiger partial charge in [0, 0.05) is 45.3 Å². The zero-order chi connectivity index (χ0) is 46.3. The van der Waals surface area contributed by atoms with E-state index < -0.39 is 34.2 Å². The number of rotatable bonds is 3. The van der Waals surface area contributed by atoms with Gasteiger partial charge in [0.05, 0.1) is 32.9 Å². The molecule has 16 heteroatoms. The number of hydrogen-bond donors (Lipinski definition) is 6. The molecule has 15 nitrogen and oxygen atoms in total. The number of pyridine rings is 3. The average molecular weight is 944 g/mol. The lowest BCUT2D eigenvalue weighted by Gasteiger charge is -2.20. The second-order valence-electron chi connectivity index (χ2n) is 17.2. The molecule has 0 fully saturated rings. The summed E-state index contributed by atoms with van der Waals surface area (Å²) in [6.45, 7) is 0. The number of fused-ring (bicyclic) bond motifs is 9. The molecule has 6 aliphatic rings. The van der Waals surface area contributed by atoms with E-state index in [1.807, 2.05) is 36.4 Å². The van der Waals surface area contributed by atoms with E-state index in [1.165, 1.54) is 0 Å². The van der Waals surface area contributed by atoms with Gasteiger partial charge >= 0.3 is 17.9 Å². The SMILES string of the molecule is C#Cc1cnc2c(c1)[C@]1(Cc3ccc(C(=O)O)cc3C1)C(=O)N2.O=C(O)c1ccc2c(c1)C[C@@]1(C2)C(=O)Nc2ncc(Br)cc21.O=C(O)c1ccc2c(c1)C[C@@]1(C2)C(=O)Nc2ncccc21. The summed E-state index contributed by atoms with van der Waals surface area (Å²) in [7, 11) is 0. The summed E-state index contributed by atoms with van der Waals surface area (Å²) in [5, 5.41) is 35.9. The summed E-state index contributed by atoms with van der Waals surface area (Å²) < 4.78 is 0.823. The van der Waals surface area contributed by atoms with Gasteiger partial charge in [-0.2, -0.15) is 0 Å². The predicted octanol–water partition coefficient (Wildman–Crippen LogP) is 6.05. The van der Waals surface area contributed by atoms with Crippen LogP contribution in [0.4, 0.5) is 17.5 Å². The molecule has 6 heterocycles. The second-order valence-corrected chi connectivity index (χ2v) is 18.2. The number of hydrogen-bond acceptors (Lipinski definition) is 9. The average Bonchev–Trinajstić information content (AvgIpc) is 4.14. The van der Waals surface area contributed by atoms with Crippen LogP contribution in [0.15, 0.2) is 102 Å². The molecule has 0 saturated heterocycles. The Bertz CT molecular complexity index is 3260. The third-order valence-corrected chi connectivity index (χ3v) is 14.0. The van der Waals surface area contributed by atoms with Crippen LogP contribution in [0.25, 0.3) is 0 Å². The van der Waals surface area contributed by atoms with Crippen molar-refractivity contribution in [2.45, 2.75) is 54.8 Å². The van der Waals surface area contributed by atoms with Crippen LogP contribution in [0.1, 0.15) is 86.7 Å². The quantitative estimate of drug-likeness (QED) is 0.111. The molecular weight excluding hydrogens is 908 g/mol. The van der Waals surface area contributed by atoms with Gasteiger partial charge in [-0.25, -0.2) is 29.3 Å². The number of halogens is 1. The van der Waals surface area contributed by atoms with Crippen LogP contribution in [-0.2, 0) is 69.2 Å². The molecule has 3 amide bonds. The largest absolute Gasteiger partial charge is 0.478 e. The minimum atomic E-state index is -0.971. The van der Waals surface area contributed by atoms with Crippen molar-refractivity contribution in [2.24, 2.45) is 0 Å². The minimum absolute atomic E-state index is 0.0516. The van der Waals surface area contributed by atoms with Crippen molar-refractivity contribution in [3.8, 4) is 12.3 Å². The number of aromatic nitrogens is 3. The molecule has 12 rings (SSSR count). The van der Waals surface area contributed by atoms with Gasteiger partial charge in [-0.3, -0.25) is 14.4 Å². The highest BCUT2D eigenvalue weighted by atomic mass is 79.9. The molecule has 3 spiro atoms. The Balaban J connectivity index is 0.000000116. The van der Waals surface area contributed by atoms with Gasteiger partial charge in [0.15, 0.2) is 0 Å². The van der Waals surface area contributed by atoms with Gasteiger partial charge in [-0.1, -0.05) is 30.2 Å². The maximum Gasteiger partial charge on any atom is 0.335 e. The number of benzene rings is 3. The standard InChI is InChI=1S/C18H12N2O3.C16H11BrN2O3.C16H12N2O3/c1-2-10-5-14-15(19-9-10)20-17(23)18(14)7-12-4-3-11(16(21)22)6-13(12)8-18;17-11-4-12-13(18-7-11)19-15(22)16(12)5-9-2-1-8(14(20)21)3-10(9)6-16;19-14(20)9-3-4-10-7-16(8-11(10)6-9)12-2-1-5-17-13(12)18-15(16)21/h1,3-6,9H,7-8H2,(H,21,22)(H,19,20,23);1-4,7H,5-6H2,(H,20,21)(H,18,19,22);1-6H,7-8H2,(H,19,20)(H,17,18,21)/t18-;2*16-/m111/s1. The Hall–Kier alpha value is -8.03. The minimum Gasteiger partial charge on any atom is -0.478 e. The molecule has 3 aromatic heterocycles. The first-order chi connectivity index (χ1) is 31.6. The molecule has 66 heavy (non-hydrogen) atoms. The Morgan fingerprint density at radius 3 is 1.36 bits per heavy atom. The number of nitrogens with one attached hydrogen (secondary N) is 3. The Morgan fingerprint density at radius 2 is 0.924 bits per heavy atom. The van der Waals surface area contributed by atoms with Crippen molar-refractivity contribution in [3.05, 3.63) is 174 Å². The molecule has 3 aliphatic carbocycles. The van der Waals surface area contributed by atoms with E-state index in [0.29, 0.717) is 61.5 Å². The molecule has 3 aliphatic heterocycles. The molecule has 6 aromatic rings. The molecule has 3 atom stereocenters. The molecule has 0 unspecified atom stereocenters. The molecule has 3 aromatic carbocycles. The van der Waals surface area contributed by atoms with Crippen LogP contribution >= 0.6 is 15.9 Å². The summed E-state index contributed by atoms with van der Waals surface area (Å²) in [6.07, 6.45) is 13.5. The van der Waals surface area contributed by atoms with Crippen LogP contribution in [0.5, 0.6) is 0 Å². The van der Waals surface area contributed by atoms with Crippen LogP contribution < -0.4 is 16.0 Å². The number of carboxylic acids is 3. The topological polar surface area (TPSA) is 238 Å². The fraction of sp³-hybridized carbons (Fsp3) is 0.180. The number of amides is 3. The highest BCUT2D eigenvalue weighted by Gasteiger charge is 2.53. The lowest BCUT2D eigenvalue weighted by Crippen LogP contribution is -2.35. The van der Waals surface area contributed by atoms with E-state index in [1.54, 1.807) is 61.1 Å². The first-order valence-electron chi connectivity index (χ1n) is 20.7. The summed E-state index contributed by atoms with van der Waals surface area (Å²) >= 11 is 3.40. The third-order valence-electron chi connectivity index (χ3n) is 13.6. The van der Waals surface area contributed by atoms with Crippen LogP contribution in [0, 0.1) is 12.3 Å². The first kappa shape index (κ1) is 42.0. The van der Waals surface area contributed by atoms with Crippen LogP contribution in [-0.4, -0.2) is 65.9 Å². The van der Waals surface area contributed by atoms with Crippen molar-refractivity contribution >= 4 is 69.0 Å². The van der Waals surface area contributed by atoms with Gasteiger partial charge in [-0.15, -0.1) is 6.42 Å². The van der Waals surface area contributed by atoms with Crippen molar-refractivity contribution in [1.82, 2.24) is 15.0 Å². The summed E-state index contributed by atoms with van der Waals surface area (Å²) in [5.74, 6) is 1.20. The smallest absolute Gasteiger partial charge is 0.335 e. The van der Waals surface area contributed by atoms with Crippen molar-refractivity contribution in [3.63, 3.8) is 0 Å². The fourth-order valence-corrected chi connectivity index (χ4v) is 10.7. The van der Waals surface area contributed by atoms with Crippen molar-refractivity contribution < 1.29 is 44.1 Å². The van der Waals surface area contributed by atoms with E-state index in [4.69, 9.17) is 21.7 Å². The molecular formula is C50H35BrN6O9. The summed E-state index contributed by atoms with van der Waals surface area (Å²) in [4.78, 5) is 83.7. The zero-order valence-electron chi connectivity index (χ0n) is 34.6. The monoisotopic (exact) mass is 942 g/mol. The van der Waals surface area contributed by atoms with Gasteiger partial charge in [0.25, 0.3) is 0 Å². The first-order valence-corrected chi connectivity index (χ1v) is 21.5. The van der Waals surface area contributed by atoms with E-state index in [2.05, 4.69) is 52.8 Å². The van der Waals surface area contributed by atoms with E-state index in [-0.39, 0.29) is 34.4 Å². The normalized spacial score (nSPS) is 21.4. The van der Waals surface area contributed by atoms with Crippen LogP contribution in [0.2, 0.25) is 0 Å². The Kier molecular flexibility index (Phi) is 9.73. The maximum absolute atomic E-state index is 12.6. The van der Waals surface area contributed by atoms with Crippen molar-refractivity contribution in [1.29, 1.82) is 0 Å². The maximum atomic E-state index is 12.6. The number of carbonyl (C=O) groups excluding carboxylic acids is 3. The Labute approximate surface area is 383 Å². The second kappa shape index (κ2) is 15.3. The number of terminal acetylenes is 1. The summed E-state index contributed by atoms with van der Waals surface area (Å²) in [6, 6.07) is 22.7.